The van der Waals surface area contributed by atoms with Crippen LogP contribution in [0.15, 0.2) is 5.29 Å². The van der Waals surface area contributed by atoms with Gasteiger partial charge >= 0.3 is 0 Å². The molecule has 0 unspecified atom stereocenters. The van der Waals surface area contributed by atoms with E-state index in [4.69, 9.17) is 0 Å². The van der Waals surface area contributed by atoms with Crippen LogP contribution in [0.1, 0.15) is 32.1 Å². The summed E-state index contributed by atoms with van der Waals surface area (Å²) in [4.78, 5) is 9.69. The van der Waals surface area contributed by atoms with Gasteiger partial charge in [0.05, 0.1) is 0 Å². The van der Waals surface area contributed by atoms with E-state index in [1.807, 2.05) is 0 Å². The number of nitroso groups, excluding NO2 is 1. The van der Waals surface area contributed by atoms with E-state index >= 15 is 0 Å². The van der Waals surface area contributed by atoms with Crippen molar-refractivity contribution >= 4 is 0 Å². The molecule has 1 rings (SSSR count). The van der Waals surface area contributed by atoms with Crippen LogP contribution in [0, 0.1) is 10.8 Å². The van der Waals surface area contributed by atoms with Crippen LogP contribution >= 0.6 is 0 Å². The van der Waals surface area contributed by atoms with E-state index in [-0.39, 0.29) is 0 Å². The first-order valence-corrected chi connectivity index (χ1v) is 3.98. The van der Waals surface area contributed by atoms with E-state index in [9.17, 15) is 4.91 Å². The Labute approximate surface area is 61.1 Å². The van der Waals surface area contributed by atoms with Crippen LogP contribution in [0.5, 0.6) is 0 Å². The van der Waals surface area contributed by atoms with Crippen molar-refractivity contribution in [2.24, 2.45) is 11.2 Å². The van der Waals surface area contributed by atoms with Crippen LogP contribution < -0.4 is 5.43 Å². The molecule has 3 heteroatoms. The maximum absolute atomic E-state index is 9.69. The summed E-state index contributed by atoms with van der Waals surface area (Å²) in [5.41, 5.74) is 2.49. The van der Waals surface area contributed by atoms with E-state index < -0.39 is 0 Å². The largest absolute Gasteiger partial charge is 0.274 e. The van der Waals surface area contributed by atoms with Crippen molar-refractivity contribution in [1.82, 2.24) is 5.43 Å². The number of hydrogen-bond acceptors (Lipinski definition) is 2. The van der Waals surface area contributed by atoms with Gasteiger partial charge in [0.1, 0.15) is 0 Å². The minimum Gasteiger partial charge on any atom is -0.274 e. The molecule has 1 fully saturated rings. The van der Waals surface area contributed by atoms with Crippen molar-refractivity contribution in [2.75, 3.05) is 6.54 Å². The zero-order valence-electron chi connectivity index (χ0n) is 6.18. The summed E-state index contributed by atoms with van der Waals surface area (Å²) in [6, 6.07) is 0. The Bertz CT molecular complexity index is 99.8. The van der Waals surface area contributed by atoms with Gasteiger partial charge in [-0.2, -0.15) is 0 Å². The Morgan fingerprint density at radius 2 is 2.00 bits per heavy atom. The molecular formula is C7H14N2O. The van der Waals surface area contributed by atoms with Crippen molar-refractivity contribution in [3.05, 3.63) is 4.91 Å². The molecule has 1 saturated carbocycles. The third kappa shape index (κ3) is 2.33. The van der Waals surface area contributed by atoms with Gasteiger partial charge in [-0.15, -0.1) is 4.91 Å². The van der Waals surface area contributed by atoms with Gasteiger partial charge in [-0.05, 0) is 18.8 Å². The lowest BCUT2D eigenvalue weighted by atomic mass is 9.89. The summed E-state index contributed by atoms with van der Waals surface area (Å²) >= 11 is 0. The fourth-order valence-corrected chi connectivity index (χ4v) is 1.56. The van der Waals surface area contributed by atoms with E-state index in [0.717, 1.165) is 6.54 Å². The minimum absolute atomic E-state index is 0.700. The summed E-state index contributed by atoms with van der Waals surface area (Å²) in [6.45, 7) is 0.781. The molecular weight excluding hydrogens is 128 g/mol. The highest BCUT2D eigenvalue weighted by Gasteiger charge is 2.12. The van der Waals surface area contributed by atoms with Gasteiger partial charge in [0.2, 0.25) is 0 Å². The van der Waals surface area contributed by atoms with Crippen molar-refractivity contribution in [3.8, 4) is 0 Å². The molecule has 0 spiro atoms. The number of nitrogens with one attached hydrogen (secondary N) is 1. The first-order chi connectivity index (χ1) is 4.93. The number of hydrogen-bond donors (Lipinski definition) is 1. The zero-order chi connectivity index (χ0) is 7.23. The fourth-order valence-electron chi connectivity index (χ4n) is 1.56. The average molecular weight is 142 g/mol. The molecule has 0 heterocycles. The van der Waals surface area contributed by atoms with Gasteiger partial charge in [0.25, 0.3) is 0 Å². The monoisotopic (exact) mass is 142 g/mol. The van der Waals surface area contributed by atoms with Crippen LogP contribution in [-0.4, -0.2) is 6.54 Å². The van der Waals surface area contributed by atoms with Gasteiger partial charge in [-0.3, -0.25) is 5.43 Å². The van der Waals surface area contributed by atoms with Gasteiger partial charge in [0, 0.05) is 11.8 Å². The third-order valence-corrected chi connectivity index (χ3v) is 2.17. The Hall–Kier alpha value is -0.600. The highest BCUT2D eigenvalue weighted by Crippen LogP contribution is 2.22. The van der Waals surface area contributed by atoms with Crippen LogP contribution in [0.3, 0.4) is 0 Å². The predicted octanol–water partition coefficient (Wildman–Crippen LogP) is 1.84. The van der Waals surface area contributed by atoms with E-state index in [1.165, 1.54) is 32.1 Å². The first kappa shape index (κ1) is 7.51. The maximum Gasteiger partial charge on any atom is 0.0496 e. The smallest absolute Gasteiger partial charge is 0.0496 e. The first-order valence-electron chi connectivity index (χ1n) is 3.98. The molecule has 0 atom stereocenters. The molecule has 10 heavy (non-hydrogen) atoms. The highest BCUT2D eigenvalue weighted by molar-refractivity contribution is 4.66. The van der Waals surface area contributed by atoms with Gasteiger partial charge in [-0.25, -0.2) is 0 Å². The van der Waals surface area contributed by atoms with Gasteiger partial charge in [0.15, 0.2) is 0 Å². The Balaban J connectivity index is 2.07. The Morgan fingerprint density at radius 1 is 1.30 bits per heavy atom. The molecule has 58 valence electrons. The topological polar surface area (TPSA) is 41.5 Å². The molecule has 0 radical (unpaired) electrons. The highest BCUT2D eigenvalue weighted by atomic mass is 16.3. The molecule has 1 aliphatic carbocycles. The molecule has 0 aromatic carbocycles. The van der Waals surface area contributed by atoms with E-state index in [2.05, 4.69) is 10.7 Å². The quantitative estimate of drug-likeness (QED) is 0.482. The van der Waals surface area contributed by atoms with Crippen molar-refractivity contribution in [1.29, 1.82) is 0 Å². The number of rotatable bonds is 3. The third-order valence-electron chi connectivity index (χ3n) is 2.17. The Morgan fingerprint density at radius 3 is 2.60 bits per heavy atom. The summed E-state index contributed by atoms with van der Waals surface area (Å²) in [6.07, 6.45) is 6.55. The van der Waals surface area contributed by atoms with Crippen molar-refractivity contribution < 1.29 is 0 Å². The maximum atomic E-state index is 9.69. The van der Waals surface area contributed by atoms with Gasteiger partial charge in [-0.1, -0.05) is 19.3 Å². The summed E-state index contributed by atoms with van der Waals surface area (Å²) in [5, 5.41) is 2.63. The normalized spacial score (nSPS) is 20.4. The SMILES string of the molecule is O=NNCC1CCCCC1. The van der Waals surface area contributed by atoms with Crippen LogP contribution in [0.2, 0.25) is 0 Å². The molecule has 0 bridgehead atoms. The summed E-state index contributed by atoms with van der Waals surface area (Å²) in [7, 11) is 0. The molecule has 1 N–H and O–H groups in total. The molecule has 0 amide bonds. The van der Waals surface area contributed by atoms with Crippen LogP contribution in [-0.2, 0) is 0 Å². The molecule has 3 nitrogen and oxygen atoms in total. The molecule has 0 saturated heterocycles. The lowest BCUT2D eigenvalue weighted by molar-refractivity contribution is 0.344. The van der Waals surface area contributed by atoms with Crippen LogP contribution in [0.4, 0.5) is 0 Å². The van der Waals surface area contributed by atoms with Crippen molar-refractivity contribution in [3.63, 3.8) is 0 Å². The second-order valence-corrected chi connectivity index (χ2v) is 2.96. The molecule has 0 aromatic rings. The second-order valence-electron chi connectivity index (χ2n) is 2.96. The van der Waals surface area contributed by atoms with E-state index in [0.29, 0.717) is 5.92 Å². The van der Waals surface area contributed by atoms with Crippen LogP contribution in [0.25, 0.3) is 0 Å². The molecule has 1 aliphatic rings. The zero-order valence-corrected chi connectivity index (χ0v) is 6.18. The Kier molecular flexibility index (Phi) is 3.19. The van der Waals surface area contributed by atoms with E-state index in [1.54, 1.807) is 0 Å². The minimum atomic E-state index is 0.700. The second kappa shape index (κ2) is 4.25. The van der Waals surface area contributed by atoms with Gasteiger partial charge < -0.3 is 0 Å². The number of nitrogens with zero attached hydrogens (tertiary/aromatic N) is 1. The lowest BCUT2D eigenvalue weighted by Crippen LogP contribution is -2.19. The summed E-state index contributed by atoms with van der Waals surface area (Å²) < 4.78 is 0. The molecule has 0 aromatic heterocycles. The average Bonchev–Trinajstić information content (AvgIpc) is 2.03. The molecule has 0 aliphatic heterocycles. The standard InChI is InChI=1S/C7H14N2O/c10-9-8-6-7-4-2-1-3-5-7/h7H,1-6H2,(H,8,10). The fraction of sp³-hybridized carbons (Fsp3) is 1.00. The van der Waals surface area contributed by atoms with Crippen molar-refractivity contribution in [2.45, 2.75) is 32.1 Å². The summed E-state index contributed by atoms with van der Waals surface area (Å²) in [5.74, 6) is 0.700. The lowest BCUT2D eigenvalue weighted by Gasteiger charge is -2.19. The predicted molar refractivity (Wildman–Crippen MR) is 40.4 cm³/mol.